The first kappa shape index (κ1) is 13.8. The molecule has 2 aromatic rings. The fraction of sp³-hybridized carbons (Fsp3) is 0.294. The first-order valence-electron chi connectivity index (χ1n) is 7.19. The normalized spacial score (nSPS) is 15.8. The molecule has 0 aliphatic carbocycles. The summed E-state index contributed by atoms with van der Waals surface area (Å²) in [5.74, 6) is 1.19. The monoisotopic (exact) mass is 284 g/mol. The van der Waals surface area contributed by atoms with E-state index in [1.165, 1.54) is 0 Å². The number of nitrogens with zero attached hydrogens (tertiary/aromatic N) is 1. The molecule has 4 heteroatoms. The van der Waals surface area contributed by atoms with E-state index in [1.807, 2.05) is 37.3 Å². The molecule has 0 spiro atoms. The van der Waals surface area contributed by atoms with Gasteiger partial charge in [0, 0.05) is 35.5 Å². The Hall–Kier alpha value is -2.20. The summed E-state index contributed by atoms with van der Waals surface area (Å²) in [6, 6.07) is 13.6. The van der Waals surface area contributed by atoms with Crippen LogP contribution in [0.1, 0.15) is 24.1 Å². The second kappa shape index (κ2) is 5.66. The molecular formula is C17H20N2O2. The number of phenolic OH excluding ortho intramolecular Hbond substituents is 1. The molecule has 4 nitrogen and oxygen atoms in total. The molecule has 110 valence electrons. The molecule has 0 saturated heterocycles. The molecule has 0 bridgehead atoms. The van der Waals surface area contributed by atoms with E-state index in [2.05, 4.69) is 11.0 Å². The summed E-state index contributed by atoms with van der Waals surface area (Å²) in [5.41, 5.74) is 8.75. The van der Waals surface area contributed by atoms with Crippen molar-refractivity contribution in [3.05, 3.63) is 53.6 Å². The van der Waals surface area contributed by atoms with Crippen molar-refractivity contribution in [2.24, 2.45) is 5.73 Å². The summed E-state index contributed by atoms with van der Waals surface area (Å²) in [7, 11) is 0. The van der Waals surface area contributed by atoms with Gasteiger partial charge in [-0.2, -0.15) is 0 Å². The van der Waals surface area contributed by atoms with E-state index in [-0.39, 0.29) is 11.8 Å². The van der Waals surface area contributed by atoms with E-state index < -0.39 is 0 Å². The number of phenols is 1. The highest BCUT2D eigenvalue weighted by atomic mass is 16.5. The highest BCUT2D eigenvalue weighted by Crippen LogP contribution is 2.31. The van der Waals surface area contributed by atoms with Gasteiger partial charge in [0.05, 0.1) is 6.54 Å². The number of nitrogens with two attached hydrogens (primary N) is 1. The van der Waals surface area contributed by atoms with Gasteiger partial charge in [0.15, 0.2) is 0 Å². The fourth-order valence-electron chi connectivity index (χ4n) is 2.66. The van der Waals surface area contributed by atoms with Gasteiger partial charge in [0.2, 0.25) is 0 Å². The molecule has 1 atom stereocenters. The fourth-order valence-corrected chi connectivity index (χ4v) is 2.66. The van der Waals surface area contributed by atoms with Gasteiger partial charge in [-0.1, -0.05) is 24.3 Å². The van der Waals surface area contributed by atoms with Gasteiger partial charge >= 0.3 is 0 Å². The largest absolute Gasteiger partial charge is 0.508 e. The lowest BCUT2D eigenvalue weighted by atomic mass is 10.1. The average molecular weight is 284 g/mol. The number of ether oxygens (including phenoxy) is 1. The topological polar surface area (TPSA) is 58.7 Å². The number of benzene rings is 2. The SMILES string of the molecule is CC(N)c1ccc(N2CCOc3ccccc3C2)cc1O. The Balaban J connectivity index is 1.89. The average Bonchev–Trinajstić information content (AvgIpc) is 2.68. The van der Waals surface area contributed by atoms with Crippen molar-refractivity contribution < 1.29 is 9.84 Å². The molecule has 3 rings (SSSR count). The van der Waals surface area contributed by atoms with Crippen LogP contribution in [0.3, 0.4) is 0 Å². The summed E-state index contributed by atoms with van der Waals surface area (Å²) in [5, 5.41) is 10.1. The van der Waals surface area contributed by atoms with Gasteiger partial charge in [-0.25, -0.2) is 0 Å². The third-order valence-corrected chi connectivity index (χ3v) is 3.82. The van der Waals surface area contributed by atoms with Crippen LogP contribution in [-0.2, 0) is 6.54 Å². The Labute approximate surface area is 124 Å². The highest BCUT2D eigenvalue weighted by molar-refractivity contribution is 5.55. The summed E-state index contributed by atoms with van der Waals surface area (Å²) in [6.45, 7) is 4.05. The van der Waals surface area contributed by atoms with Crippen molar-refractivity contribution in [1.29, 1.82) is 0 Å². The van der Waals surface area contributed by atoms with Crippen molar-refractivity contribution >= 4 is 5.69 Å². The lowest BCUT2D eigenvalue weighted by Gasteiger charge is -2.23. The van der Waals surface area contributed by atoms with Gasteiger partial charge in [-0.05, 0) is 19.1 Å². The molecule has 1 heterocycles. The molecule has 1 aliphatic heterocycles. The number of aromatic hydroxyl groups is 1. The minimum Gasteiger partial charge on any atom is -0.508 e. The molecule has 0 radical (unpaired) electrons. The summed E-state index contributed by atoms with van der Waals surface area (Å²) >= 11 is 0. The molecule has 3 N–H and O–H groups in total. The van der Waals surface area contributed by atoms with E-state index in [0.29, 0.717) is 6.61 Å². The maximum atomic E-state index is 10.1. The van der Waals surface area contributed by atoms with Crippen molar-refractivity contribution in [3.63, 3.8) is 0 Å². The number of hydrogen-bond donors (Lipinski definition) is 2. The summed E-state index contributed by atoms with van der Waals surface area (Å²) < 4.78 is 5.77. The summed E-state index contributed by atoms with van der Waals surface area (Å²) in [4.78, 5) is 2.20. The number of fused-ring (bicyclic) bond motifs is 1. The van der Waals surface area contributed by atoms with Crippen LogP contribution in [0.25, 0.3) is 0 Å². The van der Waals surface area contributed by atoms with Crippen LogP contribution in [0.5, 0.6) is 11.5 Å². The first-order chi connectivity index (χ1) is 10.1. The lowest BCUT2D eigenvalue weighted by molar-refractivity contribution is 0.331. The molecule has 0 saturated carbocycles. The quantitative estimate of drug-likeness (QED) is 0.890. The molecule has 1 aliphatic rings. The zero-order valence-corrected chi connectivity index (χ0v) is 12.1. The van der Waals surface area contributed by atoms with Crippen LogP contribution >= 0.6 is 0 Å². The van der Waals surface area contributed by atoms with Gasteiger partial charge in [-0.3, -0.25) is 0 Å². The van der Waals surface area contributed by atoms with Crippen LogP contribution in [0.2, 0.25) is 0 Å². The van der Waals surface area contributed by atoms with Gasteiger partial charge in [0.25, 0.3) is 0 Å². The van der Waals surface area contributed by atoms with Crippen LogP contribution in [-0.4, -0.2) is 18.3 Å². The van der Waals surface area contributed by atoms with Gasteiger partial charge < -0.3 is 20.5 Å². The molecule has 2 aromatic carbocycles. The van der Waals surface area contributed by atoms with E-state index in [9.17, 15) is 5.11 Å². The first-order valence-corrected chi connectivity index (χ1v) is 7.19. The predicted octanol–water partition coefficient (Wildman–Crippen LogP) is 2.81. The number of anilines is 1. The zero-order valence-electron chi connectivity index (χ0n) is 12.1. The minimum absolute atomic E-state index is 0.174. The molecule has 21 heavy (non-hydrogen) atoms. The van der Waals surface area contributed by atoms with Crippen LogP contribution in [0.4, 0.5) is 5.69 Å². The molecule has 1 unspecified atom stereocenters. The van der Waals surface area contributed by atoms with Crippen molar-refractivity contribution in [2.45, 2.75) is 19.5 Å². The molecule has 0 fully saturated rings. The standard InChI is InChI=1S/C17H20N2O2/c1-12(18)15-7-6-14(10-16(15)20)19-8-9-21-17-5-3-2-4-13(17)11-19/h2-7,10,12,20H,8-9,11,18H2,1H3. The van der Waals surface area contributed by atoms with Crippen LogP contribution in [0.15, 0.2) is 42.5 Å². The van der Waals surface area contributed by atoms with Crippen LogP contribution in [0, 0.1) is 0 Å². The highest BCUT2D eigenvalue weighted by Gasteiger charge is 2.16. The smallest absolute Gasteiger partial charge is 0.124 e. The third-order valence-electron chi connectivity index (χ3n) is 3.82. The van der Waals surface area contributed by atoms with Crippen molar-refractivity contribution in [3.8, 4) is 11.5 Å². The van der Waals surface area contributed by atoms with Crippen molar-refractivity contribution in [2.75, 3.05) is 18.1 Å². The minimum atomic E-state index is -0.174. The zero-order chi connectivity index (χ0) is 14.8. The van der Waals surface area contributed by atoms with Gasteiger partial charge in [-0.15, -0.1) is 0 Å². The van der Waals surface area contributed by atoms with Gasteiger partial charge in [0.1, 0.15) is 18.1 Å². The number of rotatable bonds is 2. The Kier molecular flexibility index (Phi) is 3.71. The van der Waals surface area contributed by atoms with E-state index in [1.54, 1.807) is 6.07 Å². The maximum Gasteiger partial charge on any atom is 0.124 e. The van der Waals surface area contributed by atoms with E-state index in [0.717, 1.165) is 35.7 Å². The molecular weight excluding hydrogens is 264 g/mol. The molecule has 0 aromatic heterocycles. The number of para-hydroxylation sites is 1. The predicted molar refractivity (Wildman–Crippen MR) is 83.7 cm³/mol. The second-order valence-corrected chi connectivity index (χ2v) is 5.41. The van der Waals surface area contributed by atoms with E-state index in [4.69, 9.17) is 10.5 Å². The second-order valence-electron chi connectivity index (χ2n) is 5.41. The molecule has 0 amide bonds. The summed E-state index contributed by atoms with van der Waals surface area (Å²) in [6.07, 6.45) is 0. The Morgan fingerprint density at radius 2 is 2.05 bits per heavy atom. The third kappa shape index (κ3) is 2.81. The van der Waals surface area contributed by atoms with E-state index >= 15 is 0 Å². The Bertz CT molecular complexity index is 640. The Morgan fingerprint density at radius 3 is 2.81 bits per heavy atom. The Morgan fingerprint density at radius 1 is 1.24 bits per heavy atom. The van der Waals surface area contributed by atoms with Crippen LogP contribution < -0.4 is 15.4 Å². The lowest BCUT2D eigenvalue weighted by Crippen LogP contribution is -2.25. The number of hydrogen-bond acceptors (Lipinski definition) is 4. The van der Waals surface area contributed by atoms with Crippen molar-refractivity contribution in [1.82, 2.24) is 0 Å². The maximum absolute atomic E-state index is 10.1.